The number of amides is 1. The van der Waals surface area contributed by atoms with Crippen LogP contribution in [0.15, 0.2) is 51.8 Å². The Morgan fingerprint density at radius 2 is 1.71 bits per heavy atom. The van der Waals surface area contributed by atoms with Crippen molar-refractivity contribution in [2.24, 2.45) is 0 Å². The highest BCUT2D eigenvalue weighted by molar-refractivity contribution is 9.10. The van der Waals surface area contributed by atoms with Gasteiger partial charge in [0, 0.05) is 23.1 Å². The number of nitrogens with one attached hydrogen (secondary N) is 1. The number of sulfonamides is 1. The Balaban J connectivity index is 1.74. The first-order valence-corrected chi connectivity index (χ1v) is 11.7. The van der Waals surface area contributed by atoms with Crippen molar-refractivity contribution < 1.29 is 13.2 Å². The quantitative estimate of drug-likeness (QED) is 0.679. The van der Waals surface area contributed by atoms with Gasteiger partial charge in [0.1, 0.15) is 0 Å². The molecule has 0 spiro atoms. The number of nitrogens with zero attached hydrogens (tertiary/aromatic N) is 1. The highest BCUT2D eigenvalue weighted by atomic mass is 79.9. The Labute approximate surface area is 175 Å². The molecule has 2 aromatic carbocycles. The minimum absolute atomic E-state index is 0.0561. The second-order valence-electron chi connectivity index (χ2n) is 7.27. The first kappa shape index (κ1) is 21.0. The number of hydrogen-bond acceptors (Lipinski definition) is 3. The zero-order chi connectivity index (χ0) is 20.3. The number of rotatable bonds is 5. The van der Waals surface area contributed by atoms with E-state index in [0.717, 1.165) is 35.7 Å². The number of carbonyl (C=O) groups excluding carboxylic acids is 1. The third-order valence-corrected chi connectivity index (χ3v) is 7.84. The molecular formula is C21H25BrN2O3S. The van der Waals surface area contributed by atoms with Crippen LogP contribution >= 0.6 is 15.9 Å². The standard InChI is InChI=1S/C21H25BrN2O3S/c1-15-8-13-20(19(22)14-15)23-21(25)16-9-11-18(12-10-16)28(26,27)24(2)17-6-4-3-5-7-17/h8-14,17H,3-7H2,1-2H3,(H,23,25). The van der Waals surface area contributed by atoms with Crippen LogP contribution in [-0.2, 0) is 10.0 Å². The molecular weight excluding hydrogens is 440 g/mol. The number of carbonyl (C=O) groups is 1. The molecule has 0 aromatic heterocycles. The van der Waals surface area contributed by atoms with Gasteiger partial charge in [0.05, 0.1) is 10.6 Å². The molecule has 3 rings (SSSR count). The molecule has 0 atom stereocenters. The lowest BCUT2D eigenvalue weighted by atomic mass is 9.96. The predicted molar refractivity (Wildman–Crippen MR) is 115 cm³/mol. The Bertz CT molecular complexity index is 952. The van der Waals surface area contributed by atoms with Crippen molar-refractivity contribution in [3.05, 3.63) is 58.1 Å². The van der Waals surface area contributed by atoms with Crippen molar-refractivity contribution >= 4 is 37.5 Å². The van der Waals surface area contributed by atoms with E-state index >= 15 is 0 Å². The van der Waals surface area contributed by atoms with E-state index in [9.17, 15) is 13.2 Å². The molecule has 1 fully saturated rings. The van der Waals surface area contributed by atoms with E-state index in [1.807, 2.05) is 25.1 Å². The molecule has 1 aliphatic carbocycles. The summed E-state index contributed by atoms with van der Waals surface area (Å²) in [6.45, 7) is 1.97. The van der Waals surface area contributed by atoms with Crippen LogP contribution in [-0.4, -0.2) is 31.7 Å². The highest BCUT2D eigenvalue weighted by Gasteiger charge is 2.29. The van der Waals surface area contributed by atoms with E-state index < -0.39 is 10.0 Å². The van der Waals surface area contributed by atoms with Crippen molar-refractivity contribution in [2.45, 2.75) is 50.0 Å². The monoisotopic (exact) mass is 464 g/mol. The minimum atomic E-state index is -3.56. The van der Waals surface area contributed by atoms with Gasteiger partial charge in [-0.3, -0.25) is 4.79 Å². The Hall–Kier alpha value is -1.70. The van der Waals surface area contributed by atoms with Gasteiger partial charge in [-0.1, -0.05) is 25.3 Å². The summed E-state index contributed by atoms with van der Waals surface area (Å²) in [6, 6.07) is 11.8. The molecule has 1 amide bonds. The maximum atomic E-state index is 12.9. The van der Waals surface area contributed by atoms with Gasteiger partial charge in [-0.25, -0.2) is 8.42 Å². The van der Waals surface area contributed by atoms with Crippen LogP contribution in [0.4, 0.5) is 5.69 Å². The maximum Gasteiger partial charge on any atom is 0.255 e. The molecule has 0 heterocycles. The topological polar surface area (TPSA) is 66.5 Å². The van der Waals surface area contributed by atoms with Crippen molar-refractivity contribution in [3.63, 3.8) is 0 Å². The summed E-state index contributed by atoms with van der Waals surface area (Å²) < 4.78 is 28.1. The molecule has 0 unspecified atom stereocenters. The van der Waals surface area contributed by atoms with Crippen molar-refractivity contribution in [3.8, 4) is 0 Å². The summed E-state index contributed by atoms with van der Waals surface area (Å²) in [7, 11) is -1.90. The SMILES string of the molecule is Cc1ccc(NC(=O)c2ccc(S(=O)(=O)N(C)C3CCCCC3)cc2)c(Br)c1. The summed E-state index contributed by atoms with van der Waals surface area (Å²) in [5, 5.41) is 2.84. The van der Waals surface area contributed by atoms with Gasteiger partial charge in [-0.05, 0) is 77.7 Å². The van der Waals surface area contributed by atoms with Crippen LogP contribution in [0.3, 0.4) is 0 Å². The molecule has 0 bridgehead atoms. The van der Waals surface area contributed by atoms with Crippen molar-refractivity contribution in [2.75, 3.05) is 12.4 Å². The van der Waals surface area contributed by atoms with Crippen LogP contribution in [0, 0.1) is 6.92 Å². The summed E-state index contributed by atoms with van der Waals surface area (Å²) in [5.41, 5.74) is 2.16. The van der Waals surface area contributed by atoms with E-state index in [1.165, 1.54) is 22.9 Å². The molecule has 0 aliphatic heterocycles. The van der Waals surface area contributed by atoms with Crippen LogP contribution in [0.1, 0.15) is 48.0 Å². The zero-order valence-corrected chi connectivity index (χ0v) is 18.5. The Morgan fingerprint density at radius 1 is 1.07 bits per heavy atom. The normalized spacial score (nSPS) is 15.6. The van der Waals surface area contributed by atoms with E-state index in [2.05, 4.69) is 21.2 Å². The fourth-order valence-corrected chi connectivity index (χ4v) is 5.51. The Kier molecular flexibility index (Phi) is 6.58. The zero-order valence-electron chi connectivity index (χ0n) is 16.1. The molecule has 1 aliphatic rings. The molecule has 1 saturated carbocycles. The maximum absolute atomic E-state index is 12.9. The number of anilines is 1. The van der Waals surface area contributed by atoms with Gasteiger partial charge < -0.3 is 5.32 Å². The molecule has 5 nitrogen and oxygen atoms in total. The molecule has 2 aromatic rings. The van der Waals surface area contributed by atoms with E-state index in [1.54, 1.807) is 19.2 Å². The van der Waals surface area contributed by atoms with E-state index in [4.69, 9.17) is 0 Å². The lowest BCUT2D eigenvalue weighted by Crippen LogP contribution is -2.38. The largest absolute Gasteiger partial charge is 0.321 e. The fraction of sp³-hybridized carbons (Fsp3) is 0.381. The van der Waals surface area contributed by atoms with Gasteiger partial charge in [-0.2, -0.15) is 4.31 Å². The molecule has 1 N–H and O–H groups in total. The second-order valence-corrected chi connectivity index (χ2v) is 10.1. The molecule has 0 saturated heterocycles. The highest BCUT2D eigenvalue weighted by Crippen LogP contribution is 2.27. The van der Waals surface area contributed by atoms with Crippen molar-refractivity contribution in [1.82, 2.24) is 4.31 Å². The molecule has 0 radical (unpaired) electrons. The van der Waals surface area contributed by atoms with E-state index in [0.29, 0.717) is 11.3 Å². The fourth-order valence-electron chi connectivity index (χ4n) is 3.50. The molecule has 28 heavy (non-hydrogen) atoms. The second kappa shape index (κ2) is 8.76. The number of aryl methyl sites for hydroxylation is 1. The van der Waals surface area contributed by atoms with Crippen LogP contribution in [0.2, 0.25) is 0 Å². The lowest BCUT2D eigenvalue weighted by molar-refractivity contribution is 0.102. The van der Waals surface area contributed by atoms with E-state index in [-0.39, 0.29) is 16.8 Å². The lowest BCUT2D eigenvalue weighted by Gasteiger charge is -2.30. The van der Waals surface area contributed by atoms with Crippen LogP contribution in [0.25, 0.3) is 0 Å². The average molecular weight is 465 g/mol. The molecule has 150 valence electrons. The summed E-state index contributed by atoms with van der Waals surface area (Å²) in [5.74, 6) is -0.283. The van der Waals surface area contributed by atoms with Crippen LogP contribution in [0.5, 0.6) is 0 Å². The number of benzene rings is 2. The van der Waals surface area contributed by atoms with Gasteiger partial charge in [-0.15, -0.1) is 0 Å². The summed E-state index contributed by atoms with van der Waals surface area (Å²) >= 11 is 3.44. The summed E-state index contributed by atoms with van der Waals surface area (Å²) in [6.07, 6.45) is 5.12. The average Bonchev–Trinajstić information content (AvgIpc) is 2.70. The van der Waals surface area contributed by atoms with Crippen molar-refractivity contribution in [1.29, 1.82) is 0 Å². The third-order valence-electron chi connectivity index (χ3n) is 5.26. The van der Waals surface area contributed by atoms with Gasteiger partial charge in [0.25, 0.3) is 5.91 Å². The third kappa shape index (κ3) is 4.64. The Morgan fingerprint density at radius 3 is 2.32 bits per heavy atom. The first-order chi connectivity index (χ1) is 13.3. The minimum Gasteiger partial charge on any atom is -0.321 e. The van der Waals surface area contributed by atoms with Gasteiger partial charge >= 0.3 is 0 Å². The number of hydrogen-bond donors (Lipinski definition) is 1. The smallest absolute Gasteiger partial charge is 0.255 e. The predicted octanol–water partition coefficient (Wildman–Crippen LogP) is 4.96. The van der Waals surface area contributed by atoms with Crippen LogP contribution < -0.4 is 5.32 Å². The summed E-state index contributed by atoms with van der Waals surface area (Å²) in [4.78, 5) is 12.7. The number of halogens is 1. The van der Waals surface area contributed by atoms with Gasteiger partial charge in [0.2, 0.25) is 10.0 Å². The van der Waals surface area contributed by atoms with Gasteiger partial charge in [0.15, 0.2) is 0 Å². The first-order valence-electron chi connectivity index (χ1n) is 9.44. The molecule has 7 heteroatoms.